The Morgan fingerprint density at radius 2 is 1.44 bits per heavy atom. The van der Waals surface area contributed by atoms with Crippen molar-refractivity contribution in [3.05, 3.63) is 66.7 Å². The predicted octanol–water partition coefficient (Wildman–Crippen LogP) is 3.06. The van der Waals surface area contributed by atoms with Crippen LogP contribution >= 0.6 is 0 Å². The molecule has 3 aromatic carbocycles. The molecule has 0 aromatic heterocycles. The Kier molecular flexibility index (Phi) is 6.75. The molecule has 0 radical (unpaired) electrons. The molecule has 3 aromatic rings. The van der Waals surface area contributed by atoms with E-state index in [4.69, 9.17) is 9.47 Å². The van der Waals surface area contributed by atoms with Gasteiger partial charge in [-0.05, 0) is 35.0 Å². The van der Waals surface area contributed by atoms with Crippen LogP contribution in [0.2, 0.25) is 0 Å². The first-order valence-corrected chi connectivity index (χ1v) is 10.7. The number of aromatic hydroxyl groups is 1. The second kappa shape index (κ2) is 10.0. The van der Waals surface area contributed by atoms with Gasteiger partial charge in [0, 0.05) is 32.2 Å². The van der Waals surface area contributed by atoms with Gasteiger partial charge in [-0.25, -0.2) is 0 Å². The molecule has 4 rings (SSSR count). The van der Waals surface area contributed by atoms with Crippen LogP contribution < -0.4 is 9.47 Å². The van der Waals surface area contributed by atoms with Crippen molar-refractivity contribution in [1.29, 1.82) is 0 Å². The highest BCUT2D eigenvalue weighted by molar-refractivity contribution is 5.84. The van der Waals surface area contributed by atoms with Gasteiger partial charge in [-0.3, -0.25) is 9.59 Å². The number of carbonyl (C=O) groups excluding carboxylic acids is 2. The summed E-state index contributed by atoms with van der Waals surface area (Å²) in [4.78, 5) is 28.4. The Morgan fingerprint density at radius 1 is 0.750 bits per heavy atom. The van der Waals surface area contributed by atoms with Crippen molar-refractivity contribution < 1.29 is 24.2 Å². The van der Waals surface area contributed by atoms with Crippen LogP contribution in [0, 0.1) is 0 Å². The molecule has 0 atom stereocenters. The third-order valence-electron chi connectivity index (χ3n) is 5.47. The Balaban J connectivity index is 1.18. The van der Waals surface area contributed by atoms with E-state index in [2.05, 4.69) is 0 Å². The lowest BCUT2D eigenvalue weighted by atomic mass is 10.1. The van der Waals surface area contributed by atoms with Crippen molar-refractivity contribution in [1.82, 2.24) is 9.80 Å². The highest BCUT2D eigenvalue weighted by Crippen LogP contribution is 2.21. The maximum absolute atomic E-state index is 12.5. The molecule has 1 aliphatic heterocycles. The lowest BCUT2D eigenvalue weighted by Crippen LogP contribution is -2.51. The van der Waals surface area contributed by atoms with E-state index in [1.165, 1.54) is 6.07 Å². The first kappa shape index (κ1) is 21.5. The van der Waals surface area contributed by atoms with Gasteiger partial charge < -0.3 is 24.4 Å². The van der Waals surface area contributed by atoms with Crippen LogP contribution in [-0.4, -0.2) is 66.1 Å². The van der Waals surface area contributed by atoms with Crippen molar-refractivity contribution >= 4 is 22.6 Å². The average Bonchev–Trinajstić information content (AvgIpc) is 2.82. The summed E-state index contributed by atoms with van der Waals surface area (Å²) < 4.78 is 11.2. The van der Waals surface area contributed by atoms with E-state index in [9.17, 15) is 14.7 Å². The van der Waals surface area contributed by atoms with Crippen LogP contribution in [0.1, 0.15) is 6.42 Å². The molecule has 1 aliphatic rings. The fourth-order valence-electron chi connectivity index (χ4n) is 3.69. The van der Waals surface area contributed by atoms with Crippen molar-refractivity contribution in [2.75, 3.05) is 39.4 Å². The zero-order chi connectivity index (χ0) is 22.3. The lowest BCUT2D eigenvalue weighted by molar-refractivity contribution is -0.141. The molecule has 0 unspecified atom stereocenters. The summed E-state index contributed by atoms with van der Waals surface area (Å²) in [5.41, 5.74) is 0. The first-order chi connectivity index (χ1) is 15.6. The second-order valence-electron chi connectivity index (χ2n) is 7.66. The van der Waals surface area contributed by atoms with Crippen LogP contribution in [0.15, 0.2) is 66.7 Å². The average molecular weight is 434 g/mol. The van der Waals surface area contributed by atoms with Crippen LogP contribution in [0.5, 0.6) is 17.2 Å². The molecule has 1 saturated heterocycles. The van der Waals surface area contributed by atoms with Gasteiger partial charge in [-0.1, -0.05) is 36.4 Å². The van der Waals surface area contributed by atoms with E-state index in [0.29, 0.717) is 37.7 Å². The number of phenols is 1. The summed E-state index contributed by atoms with van der Waals surface area (Å²) in [6.45, 7) is 2.17. The Hall–Kier alpha value is -3.74. The van der Waals surface area contributed by atoms with Gasteiger partial charge in [0.2, 0.25) is 5.91 Å². The van der Waals surface area contributed by atoms with Gasteiger partial charge >= 0.3 is 0 Å². The standard InChI is InChI=1S/C25H26N2O5/c28-21-6-3-7-22(17-21)31-15-10-24(29)26-11-13-27(14-12-26)25(30)18-32-23-9-8-19-4-1-2-5-20(19)16-23/h1-9,16-17,28H,10-15,18H2. The molecular weight excluding hydrogens is 408 g/mol. The predicted molar refractivity (Wildman–Crippen MR) is 121 cm³/mol. The highest BCUT2D eigenvalue weighted by atomic mass is 16.5. The van der Waals surface area contributed by atoms with E-state index in [1.54, 1.807) is 28.0 Å². The summed E-state index contributed by atoms with van der Waals surface area (Å²) in [6, 6.07) is 20.3. The minimum atomic E-state index is -0.0857. The van der Waals surface area contributed by atoms with Crippen molar-refractivity contribution in [3.8, 4) is 17.2 Å². The second-order valence-corrected chi connectivity index (χ2v) is 7.66. The van der Waals surface area contributed by atoms with Crippen LogP contribution in [0.25, 0.3) is 10.8 Å². The number of rotatable bonds is 7. The molecule has 7 heteroatoms. The van der Waals surface area contributed by atoms with Gasteiger partial charge in [-0.15, -0.1) is 0 Å². The molecule has 166 valence electrons. The molecule has 32 heavy (non-hydrogen) atoms. The smallest absolute Gasteiger partial charge is 0.260 e. The number of nitrogens with zero attached hydrogens (tertiary/aromatic N) is 2. The summed E-state index contributed by atoms with van der Waals surface area (Å²) >= 11 is 0. The summed E-state index contributed by atoms with van der Waals surface area (Å²) in [5.74, 6) is 1.22. The molecule has 7 nitrogen and oxygen atoms in total. The van der Waals surface area contributed by atoms with E-state index >= 15 is 0 Å². The van der Waals surface area contributed by atoms with Gasteiger partial charge in [0.15, 0.2) is 6.61 Å². The molecule has 0 saturated carbocycles. The molecule has 1 fully saturated rings. The molecule has 0 aliphatic carbocycles. The van der Waals surface area contributed by atoms with Gasteiger partial charge in [0.05, 0.1) is 13.0 Å². The molecular formula is C25H26N2O5. The zero-order valence-electron chi connectivity index (χ0n) is 17.8. The van der Waals surface area contributed by atoms with Crippen molar-refractivity contribution in [2.45, 2.75) is 6.42 Å². The molecule has 0 spiro atoms. The number of hydrogen-bond acceptors (Lipinski definition) is 5. The zero-order valence-corrected chi connectivity index (χ0v) is 17.8. The minimum absolute atomic E-state index is 0.00957. The summed E-state index contributed by atoms with van der Waals surface area (Å²) in [5, 5.41) is 11.6. The highest BCUT2D eigenvalue weighted by Gasteiger charge is 2.24. The van der Waals surface area contributed by atoms with E-state index in [1.807, 2.05) is 42.5 Å². The third kappa shape index (κ3) is 5.49. The monoisotopic (exact) mass is 434 g/mol. The number of phenolic OH excluding ortho intramolecular Hbond substituents is 1. The van der Waals surface area contributed by atoms with E-state index in [-0.39, 0.29) is 37.2 Å². The summed E-state index contributed by atoms with van der Waals surface area (Å²) in [7, 11) is 0. The number of hydrogen-bond donors (Lipinski definition) is 1. The fourth-order valence-corrected chi connectivity index (χ4v) is 3.69. The Labute approximate surface area is 186 Å². The molecule has 1 N–H and O–H groups in total. The third-order valence-corrected chi connectivity index (χ3v) is 5.47. The number of piperazine rings is 1. The fraction of sp³-hybridized carbons (Fsp3) is 0.280. The van der Waals surface area contributed by atoms with Crippen molar-refractivity contribution in [2.24, 2.45) is 0 Å². The van der Waals surface area contributed by atoms with Gasteiger partial charge in [0.25, 0.3) is 5.91 Å². The number of fused-ring (bicyclic) bond motifs is 1. The molecule has 0 bridgehead atoms. The molecule has 2 amide bonds. The van der Waals surface area contributed by atoms with E-state index in [0.717, 1.165) is 10.8 Å². The number of amides is 2. The lowest BCUT2D eigenvalue weighted by Gasteiger charge is -2.34. The summed E-state index contributed by atoms with van der Waals surface area (Å²) in [6.07, 6.45) is 0.245. The van der Waals surface area contributed by atoms with Gasteiger partial charge in [-0.2, -0.15) is 0 Å². The van der Waals surface area contributed by atoms with Gasteiger partial charge in [0.1, 0.15) is 17.2 Å². The normalized spacial score (nSPS) is 13.8. The number of benzene rings is 3. The Bertz CT molecular complexity index is 1090. The largest absolute Gasteiger partial charge is 0.508 e. The van der Waals surface area contributed by atoms with E-state index < -0.39 is 0 Å². The van der Waals surface area contributed by atoms with Crippen LogP contribution in [0.3, 0.4) is 0 Å². The number of ether oxygens (including phenoxy) is 2. The number of carbonyl (C=O) groups is 2. The maximum Gasteiger partial charge on any atom is 0.260 e. The topological polar surface area (TPSA) is 79.3 Å². The van der Waals surface area contributed by atoms with Crippen LogP contribution in [0.4, 0.5) is 0 Å². The Morgan fingerprint density at radius 3 is 2.19 bits per heavy atom. The van der Waals surface area contributed by atoms with Crippen LogP contribution in [-0.2, 0) is 9.59 Å². The SMILES string of the molecule is O=C(CCOc1cccc(O)c1)N1CCN(C(=O)COc2ccc3ccccc3c2)CC1. The quantitative estimate of drug-likeness (QED) is 0.618. The minimum Gasteiger partial charge on any atom is -0.508 e. The molecule has 1 heterocycles. The first-order valence-electron chi connectivity index (χ1n) is 10.7. The van der Waals surface area contributed by atoms with Crippen molar-refractivity contribution in [3.63, 3.8) is 0 Å². The maximum atomic E-state index is 12.5.